The number of alkyl carbamates (subject to hydrolysis) is 1. The molecular formula is C26H32N2O5. The van der Waals surface area contributed by atoms with Crippen LogP contribution in [0.5, 0.6) is 0 Å². The molecule has 176 valence electrons. The molecular weight excluding hydrogens is 420 g/mol. The predicted octanol–water partition coefficient (Wildman–Crippen LogP) is 4.31. The number of ether oxygens (including phenoxy) is 1. The topological polar surface area (TPSA) is 105 Å². The lowest BCUT2D eigenvalue weighted by Crippen LogP contribution is -2.60. The number of carbonyl (C=O) groups excluding carboxylic acids is 2. The van der Waals surface area contributed by atoms with Crippen molar-refractivity contribution in [1.29, 1.82) is 0 Å². The van der Waals surface area contributed by atoms with Crippen LogP contribution in [0.25, 0.3) is 11.1 Å². The number of carbonyl (C=O) groups is 3. The lowest BCUT2D eigenvalue weighted by Gasteiger charge is -2.31. The van der Waals surface area contributed by atoms with E-state index in [0.29, 0.717) is 0 Å². The van der Waals surface area contributed by atoms with E-state index in [1.54, 1.807) is 27.7 Å². The summed E-state index contributed by atoms with van der Waals surface area (Å²) in [5.41, 5.74) is 3.09. The molecule has 2 aromatic rings. The smallest absolute Gasteiger partial charge is 0.407 e. The van der Waals surface area contributed by atoms with Crippen molar-refractivity contribution in [2.45, 2.75) is 58.0 Å². The van der Waals surface area contributed by atoms with E-state index in [4.69, 9.17) is 4.74 Å². The zero-order chi connectivity index (χ0) is 24.2. The van der Waals surface area contributed by atoms with Gasteiger partial charge in [-0.3, -0.25) is 4.79 Å². The molecule has 0 heterocycles. The largest absolute Gasteiger partial charge is 0.480 e. The first kappa shape index (κ1) is 24.3. The van der Waals surface area contributed by atoms with Gasteiger partial charge in [-0.1, -0.05) is 76.2 Å². The van der Waals surface area contributed by atoms with E-state index in [1.165, 1.54) is 0 Å². The average Bonchev–Trinajstić information content (AvgIpc) is 3.13. The Balaban J connectivity index is 1.69. The van der Waals surface area contributed by atoms with Crippen LogP contribution in [0, 0.1) is 5.92 Å². The minimum atomic E-state index is -1.37. The number of benzene rings is 2. The van der Waals surface area contributed by atoms with Crippen LogP contribution in [0.2, 0.25) is 0 Å². The van der Waals surface area contributed by atoms with Crippen LogP contribution in [0.1, 0.15) is 57.6 Å². The third-order valence-corrected chi connectivity index (χ3v) is 6.55. The lowest BCUT2D eigenvalue weighted by molar-refractivity contribution is -0.148. The Morgan fingerprint density at radius 3 is 1.94 bits per heavy atom. The Hall–Kier alpha value is -3.35. The summed E-state index contributed by atoms with van der Waals surface area (Å²) >= 11 is 0. The first-order valence-electron chi connectivity index (χ1n) is 11.4. The summed E-state index contributed by atoms with van der Waals surface area (Å²) < 4.78 is 5.55. The summed E-state index contributed by atoms with van der Waals surface area (Å²) in [5, 5.41) is 14.9. The number of rotatable bonds is 9. The highest BCUT2D eigenvalue weighted by atomic mass is 16.5. The average molecular weight is 453 g/mol. The van der Waals surface area contributed by atoms with E-state index in [1.807, 2.05) is 36.4 Å². The van der Waals surface area contributed by atoms with Crippen LogP contribution in [-0.2, 0) is 14.3 Å². The Labute approximate surface area is 194 Å². The highest BCUT2D eigenvalue weighted by Gasteiger charge is 2.39. The molecule has 3 N–H and O–H groups in total. The van der Waals surface area contributed by atoms with E-state index < -0.39 is 29.6 Å². The second-order valence-electron chi connectivity index (χ2n) is 8.78. The third-order valence-electron chi connectivity index (χ3n) is 6.55. The highest BCUT2D eigenvalue weighted by Crippen LogP contribution is 2.44. The van der Waals surface area contributed by atoms with Gasteiger partial charge in [-0.15, -0.1) is 0 Å². The van der Waals surface area contributed by atoms with Crippen LogP contribution in [0.4, 0.5) is 4.79 Å². The second kappa shape index (κ2) is 10.1. The molecule has 1 aliphatic carbocycles. The highest BCUT2D eigenvalue weighted by molar-refractivity contribution is 5.91. The van der Waals surface area contributed by atoms with Gasteiger partial charge < -0.3 is 20.5 Å². The molecule has 0 saturated carbocycles. The number of nitrogens with one attached hydrogen (secondary N) is 2. The van der Waals surface area contributed by atoms with E-state index in [2.05, 4.69) is 22.8 Å². The molecule has 0 saturated heterocycles. The fourth-order valence-corrected chi connectivity index (χ4v) is 4.40. The second-order valence-corrected chi connectivity index (χ2v) is 8.78. The van der Waals surface area contributed by atoms with Crippen LogP contribution < -0.4 is 10.6 Å². The predicted molar refractivity (Wildman–Crippen MR) is 126 cm³/mol. The number of aliphatic carboxylic acids is 1. The summed E-state index contributed by atoms with van der Waals surface area (Å²) in [5.74, 6) is -1.98. The molecule has 0 aromatic heterocycles. The van der Waals surface area contributed by atoms with E-state index >= 15 is 0 Å². The van der Waals surface area contributed by atoms with Gasteiger partial charge in [0.15, 0.2) is 0 Å². The summed E-state index contributed by atoms with van der Waals surface area (Å²) in [6.45, 7) is 7.13. The van der Waals surface area contributed by atoms with Crippen LogP contribution in [0.3, 0.4) is 0 Å². The number of carboxylic acid groups (broad SMARTS) is 1. The van der Waals surface area contributed by atoms with Gasteiger partial charge in [-0.2, -0.15) is 0 Å². The maximum Gasteiger partial charge on any atom is 0.407 e. The van der Waals surface area contributed by atoms with E-state index in [0.717, 1.165) is 22.3 Å². The van der Waals surface area contributed by atoms with Gasteiger partial charge in [0, 0.05) is 5.92 Å². The molecule has 7 nitrogen and oxygen atoms in total. The van der Waals surface area contributed by atoms with Crippen molar-refractivity contribution in [2.75, 3.05) is 6.61 Å². The number of carboxylic acids is 1. The standard InChI is InChI=1S/C26H32N2O5/c1-5-26(6-2,24(30)31)28-23(29)22(16(3)4)27-25(32)33-15-21-19-13-9-7-11-17(19)18-12-8-10-14-20(18)21/h7-14,16,21-22H,5-6,15H2,1-4H3,(H,27,32)(H,28,29)(H,30,31)/t22-/m1/s1. The summed E-state index contributed by atoms with van der Waals surface area (Å²) in [6, 6.07) is 15.2. The molecule has 0 fully saturated rings. The van der Waals surface area contributed by atoms with Gasteiger partial charge in [0.25, 0.3) is 0 Å². The molecule has 33 heavy (non-hydrogen) atoms. The Morgan fingerprint density at radius 1 is 0.970 bits per heavy atom. The number of amides is 2. The van der Waals surface area contributed by atoms with Gasteiger partial charge >= 0.3 is 12.1 Å². The molecule has 2 aromatic carbocycles. The monoisotopic (exact) mass is 452 g/mol. The van der Waals surface area contributed by atoms with Crippen molar-refractivity contribution < 1.29 is 24.2 Å². The molecule has 1 atom stereocenters. The van der Waals surface area contributed by atoms with Crippen LogP contribution in [-0.4, -0.2) is 41.3 Å². The molecule has 2 amide bonds. The molecule has 3 rings (SSSR count). The van der Waals surface area contributed by atoms with Crippen molar-refractivity contribution in [3.8, 4) is 11.1 Å². The number of hydrogen-bond acceptors (Lipinski definition) is 4. The SMILES string of the molecule is CCC(CC)(NC(=O)[C@H](NC(=O)OCC1c2ccccc2-c2ccccc21)C(C)C)C(=O)O. The Bertz CT molecular complexity index is 983. The number of fused-ring (bicyclic) bond motifs is 3. The Morgan fingerprint density at radius 2 is 1.48 bits per heavy atom. The fraction of sp³-hybridized carbons (Fsp3) is 0.423. The fourth-order valence-electron chi connectivity index (χ4n) is 4.40. The summed E-state index contributed by atoms with van der Waals surface area (Å²) in [6.07, 6.45) is -0.236. The van der Waals surface area contributed by atoms with Crippen molar-refractivity contribution in [3.05, 3.63) is 59.7 Å². The molecule has 0 radical (unpaired) electrons. The van der Waals surface area contributed by atoms with Crippen LogP contribution >= 0.6 is 0 Å². The van der Waals surface area contributed by atoms with Crippen molar-refractivity contribution in [2.24, 2.45) is 5.92 Å². The Kier molecular flexibility index (Phi) is 7.41. The lowest BCUT2D eigenvalue weighted by atomic mass is 9.91. The van der Waals surface area contributed by atoms with Gasteiger partial charge in [0.2, 0.25) is 5.91 Å². The van der Waals surface area contributed by atoms with Crippen molar-refractivity contribution >= 4 is 18.0 Å². The summed E-state index contributed by atoms with van der Waals surface area (Å²) in [4.78, 5) is 37.3. The first-order valence-corrected chi connectivity index (χ1v) is 11.4. The molecule has 0 unspecified atom stereocenters. The zero-order valence-electron chi connectivity index (χ0n) is 19.6. The normalized spacial score (nSPS) is 13.7. The van der Waals surface area contributed by atoms with Gasteiger partial charge in [0.05, 0.1) is 0 Å². The molecule has 0 aliphatic heterocycles. The maximum absolute atomic E-state index is 12.9. The van der Waals surface area contributed by atoms with Crippen molar-refractivity contribution in [1.82, 2.24) is 10.6 Å². The molecule has 0 bridgehead atoms. The quantitative estimate of drug-likeness (QED) is 0.526. The molecule has 1 aliphatic rings. The van der Waals surface area contributed by atoms with Gasteiger partial charge in [0.1, 0.15) is 18.2 Å². The molecule has 7 heteroatoms. The van der Waals surface area contributed by atoms with Gasteiger partial charge in [-0.05, 0) is 41.0 Å². The van der Waals surface area contributed by atoms with Crippen LogP contribution in [0.15, 0.2) is 48.5 Å². The zero-order valence-corrected chi connectivity index (χ0v) is 19.6. The first-order chi connectivity index (χ1) is 15.7. The molecule has 0 spiro atoms. The minimum absolute atomic E-state index is 0.0886. The van der Waals surface area contributed by atoms with Gasteiger partial charge in [-0.25, -0.2) is 9.59 Å². The van der Waals surface area contributed by atoms with E-state index in [9.17, 15) is 19.5 Å². The number of hydrogen-bond donors (Lipinski definition) is 3. The van der Waals surface area contributed by atoms with Crippen molar-refractivity contribution in [3.63, 3.8) is 0 Å². The third kappa shape index (κ3) is 4.87. The maximum atomic E-state index is 12.9. The summed E-state index contributed by atoms with van der Waals surface area (Å²) in [7, 11) is 0. The van der Waals surface area contributed by atoms with E-state index in [-0.39, 0.29) is 31.3 Å². The minimum Gasteiger partial charge on any atom is -0.480 e.